The molecule has 0 saturated heterocycles. The van der Waals surface area contributed by atoms with E-state index in [9.17, 15) is 4.79 Å². The molecule has 0 atom stereocenters. The van der Waals surface area contributed by atoms with Crippen LogP contribution in [0.5, 0.6) is 0 Å². The molecular formula is C10H22N2O. The quantitative estimate of drug-likeness (QED) is 0.679. The van der Waals surface area contributed by atoms with Gasteiger partial charge in [0.15, 0.2) is 0 Å². The summed E-state index contributed by atoms with van der Waals surface area (Å²) in [6.07, 6.45) is 2.59. The minimum atomic E-state index is 0.00111. The maximum absolute atomic E-state index is 11.1. The van der Waals surface area contributed by atoms with Crippen molar-refractivity contribution in [1.82, 2.24) is 10.2 Å². The fraction of sp³-hybridized carbons (Fsp3) is 0.700. The van der Waals surface area contributed by atoms with Gasteiger partial charge >= 0.3 is 0 Å². The fourth-order valence-corrected chi connectivity index (χ4v) is 0.783. The van der Waals surface area contributed by atoms with Crippen LogP contribution >= 0.6 is 0 Å². The molecule has 0 aromatic rings. The molecule has 3 nitrogen and oxygen atoms in total. The summed E-state index contributed by atoms with van der Waals surface area (Å²) in [6.45, 7) is 5.96. The first-order chi connectivity index (χ1) is 6.11. The highest BCUT2D eigenvalue weighted by Gasteiger charge is 2.03. The molecule has 0 heterocycles. The van der Waals surface area contributed by atoms with Crippen molar-refractivity contribution in [2.75, 3.05) is 21.1 Å². The van der Waals surface area contributed by atoms with E-state index in [2.05, 4.69) is 5.32 Å². The molecule has 0 radical (unpaired) electrons. The molecule has 3 heteroatoms. The van der Waals surface area contributed by atoms with Crippen molar-refractivity contribution in [3.63, 3.8) is 0 Å². The molecule has 0 bridgehead atoms. The lowest BCUT2D eigenvalue weighted by Crippen LogP contribution is -2.21. The molecule has 0 unspecified atom stereocenters. The topological polar surface area (TPSA) is 32.3 Å². The molecule has 0 aliphatic rings. The molecule has 0 fully saturated rings. The van der Waals surface area contributed by atoms with Crippen molar-refractivity contribution in [2.45, 2.75) is 27.2 Å². The average molecular weight is 186 g/mol. The molecule has 0 saturated carbocycles. The molecule has 0 aromatic carbocycles. The Morgan fingerprint density at radius 1 is 1.38 bits per heavy atom. The molecule has 78 valence electrons. The van der Waals surface area contributed by atoms with Crippen LogP contribution in [-0.2, 0) is 4.79 Å². The van der Waals surface area contributed by atoms with Crippen molar-refractivity contribution in [3.05, 3.63) is 11.8 Å². The highest BCUT2D eigenvalue weighted by molar-refractivity contribution is 5.92. The van der Waals surface area contributed by atoms with Crippen LogP contribution in [0.15, 0.2) is 11.8 Å². The van der Waals surface area contributed by atoms with Crippen LogP contribution in [0.1, 0.15) is 27.2 Å². The van der Waals surface area contributed by atoms with Gasteiger partial charge in [0.2, 0.25) is 5.91 Å². The SMILES string of the molecule is CC.CC/C(=C\N(C)C)C(=O)NC. The molecule has 0 aliphatic carbocycles. The first-order valence-corrected chi connectivity index (χ1v) is 4.71. The third-order valence-corrected chi connectivity index (χ3v) is 1.31. The number of carbonyl (C=O) groups excluding carboxylic acids is 1. The summed E-state index contributed by atoms with van der Waals surface area (Å²) in [5, 5.41) is 2.59. The zero-order valence-corrected chi connectivity index (χ0v) is 9.64. The summed E-state index contributed by atoms with van der Waals surface area (Å²) in [6, 6.07) is 0. The zero-order chi connectivity index (χ0) is 10.9. The minimum Gasteiger partial charge on any atom is -0.383 e. The summed E-state index contributed by atoms with van der Waals surface area (Å²) in [5.41, 5.74) is 0.803. The van der Waals surface area contributed by atoms with Crippen molar-refractivity contribution >= 4 is 5.91 Å². The number of hydrogen-bond donors (Lipinski definition) is 1. The number of hydrogen-bond acceptors (Lipinski definition) is 2. The van der Waals surface area contributed by atoms with Gasteiger partial charge in [0, 0.05) is 32.9 Å². The standard InChI is InChI=1S/C8H16N2O.C2H6/c1-5-7(6-10(3)4)8(11)9-2;1-2/h6H,5H2,1-4H3,(H,9,11);1-2H3/b7-6+;. The van der Waals surface area contributed by atoms with Gasteiger partial charge in [-0.1, -0.05) is 20.8 Å². The molecular weight excluding hydrogens is 164 g/mol. The van der Waals surface area contributed by atoms with Gasteiger partial charge in [0.05, 0.1) is 0 Å². The Morgan fingerprint density at radius 2 is 1.85 bits per heavy atom. The monoisotopic (exact) mass is 186 g/mol. The minimum absolute atomic E-state index is 0.00111. The molecule has 0 aliphatic heterocycles. The second-order valence-electron chi connectivity index (χ2n) is 2.55. The third-order valence-electron chi connectivity index (χ3n) is 1.31. The van der Waals surface area contributed by atoms with E-state index in [1.165, 1.54) is 0 Å². The van der Waals surface area contributed by atoms with Crippen LogP contribution in [0.3, 0.4) is 0 Å². The largest absolute Gasteiger partial charge is 0.383 e. The van der Waals surface area contributed by atoms with E-state index in [0.717, 1.165) is 12.0 Å². The highest BCUT2D eigenvalue weighted by Crippen LogP contribution is 2.00. The molecule has 0 spiro atoms. The lowest BCUT2D eigenvalue weighted by Gasteiger charge is -2.08. The van der Waals surface area contributed by atoms with Gasteiger partial charge in [0.25, 0.3) is 0 Å². The smallest absolute Gasteiger partial charge is 0.248 e. The van der Waals surface area contributed by atoms with Gasteiger partial charge in [0.1, 0.15) is 0 Å². The Kier molecular flexibility index (Phi) is 10.2. The molecule has 1 N–H and O–H groups in total. The lowest BCUT2D eigenvalue weighted by molar-refractivity contribution is -0.117. The van der Waals surface area contributed by atoms with Gasteiger partial charge in [-0.15, -0.1) is 0 Å². The van der Waals surface area contributed by atoms with Crippen molar-refractivity contribution in [2.24, 2.45) is 0 Å². The van der Waals surface area contributed by atoms with Crippen LogP contribution in [0.4, 0.5) is 0 Å². The van der Waals surface area contributed by atoms with Gasteiger partial charge in [-0.2, -0.15) is 0 Å². The second-order valence-corrected chi connectivity index (χ2v) is 2.55. The van der Waals surface area contributed by atoms with E-state index >= 15 is 0 Å². The van der Waals surface area contributed by atoms with Crippen molar-refractivity contribution in [1.29, 1.82) is 0 Å². The van der Waals surface area contributed by atoms with E-state index in [0.29, 0.717) is 0 Å². The van der Waals surface area contributed by atoms with Gasteiger partial charge in [-0.25, -0.2) is 0 Å². The molecule has 1 amide bonds. The Labute approximate surface area is 81.8 Å². The van der Waals surface area contributed by atoms with E-state index in [-0.39, 0.29) is 5.91 Å². The lowest BCUT2D eigenvalue weighted by atomic mass is 10.2. The third kappa shape index (κ3) is 7.37. The van der Waals surface area contributed by atoms with Gasteiger partial charge < -0.3 is 10.2 Å². The van der Waals surface area contributed by atoms with E-state index < -0.39 is 0 Å². The number of likely N-dealkylation sites (N-methyl/N-ethyl adjacent to an activating group) is 1. The van der Waals surface area contributed by atoms with Crippen molar-refractivity contribution < 1.29 is 4.79 Å². The number of carbonyl (C=O) groups is 1. The van der Waals surface area contributed by atoms with Crippen LogP contribution in [0.25, 0.3) is 0 Å². The van der Waals surface area contributed by atoms with Gasteiger partial charge in [-0.05, 0) is 6.42 Å². The Bertz CT molecular complexity index is 162. The predicted octanol–water partition coefficient (Wildman–Crippen LogP) is 1.61. The van der Waals surface area contributed by atoms with Crippen LogP contribution in [0.2, 0.25) is 0 Å². The predicted molar refractivity (Wildman–Crippen MR) is 57.5 cm³/mol. The Morgan fingerprint density at radius 3 is 2.08 bits per heavy atom. The van der Waals surface area contributed by atoms with Gasteiger partial charge in [-0.3, -0.25) is 4.79 Å². The maximum atomic E-state index is 11.1. The maximum Gasteiger partial charge on any atom is 0.248 e. The first-order valence-electron chi connectivity index (χ1n) is 4.71. The molecule has 0 rings (SSSR count). The highest BCUT2D eigenvalue weighted by atomic mass is 16.1. The second kappa shape index (κ2) is 9.10. The number of amides is 1. The van der Waals surface area contributed by atoms with E-state index in [1.807, 2.05) is 46.0 Å². The van der Waals surface area contributed by atoms with E-state index in [4.69, 9.17) is 0 Å². The van der Waals surface area contributed by atoms with Crippen molar-refractivity contribution in [3.8, 4) is 0 Å². The average Bonchev–Trinajstić information content (AvgIpc) is 2.16. The Hall–Kier alpha value is -0.990. The number of rotatable bonds is 3. The summed E-state index contributed by atoms with van der Waals surface area (Å²) in [5.74, 6) is 0.00111. The number of nitrogens with zero attached hydrogens (tertiary/aromatic N) is 1. The summed E-state index contributed by atoms with van der Waals surface area (Å²) in [7, 11) is 5.44. The number of nitrogens with one attached hydrogen (secondary N) is 1. The van der Waals surface area contributed by atoms with Crippen LogP contribution in [-0.4, -0.2) is 32.0 Å². The van der Waals surface area contributed by atoms with Crippen LogP contribution < -0.4 is 5.32 Å². The normalized spacial score (nSPS) is 9.85. The first kappa shape index (κ1) is 14.5. The summed E-state index contributed by atoms with van der Waals surface area (Å²) < 4.78 is 0. The summed E-state index contributed by atoms with van der Waals surface area (Å²) >= 11 is 0. The van der Waals surface area contributed by atoms with Crippen LogP contribution in [0, 0.1) is 0 Å². The molecule has 0 aromatic heterocycles. The fourth-order valence-electron chi connectivity index (χ4n) is 0.783. The molecule has 13 heavy (non-hydrogen) atoms. The van der Waals surface area contributed by atoms with E-state index in [1.54, 1.807) is 7.05 Å². The summed E-state index contributed by atoms with van der Waals surface area (Å²) in [4.78, 5) is 12.9. The zero-order valence-electron chi connectivity index (χ0n) is 9.64. The Balaban J connectivity index is 0.